The molecule has 3 aromatic rings. The van der Waals surface area contributed by atoms with E-state index in [2.05, 4.69) is 60.7 Å². The van der Waals surface area contributed by atoms with Gasteiger partial charge in [-0.3, -0.25) is 0 Å². The molecule has 3 rings (SSSR count). The third-order valence-corrected chi connectivity index (χ3v) is 4.23. The van der Waals surface area contributed by atoms with Crippen molar-refractivity contribution in [3.05, 3.63) is 101 Å². The molecule has 0 saturated heterocycles. The highest BCUT2D eigenvalue weighted by Gasteiger charge is 2.00. The molecule has 25 heavy (non-hydrogen) atoms. The van der Waals surface area contributed by atoms with Gasteiger partial charge in [-0.25, -0.2) is 0 Å². The second-order valence-corrected chi connectivity index (χ2v) is 6.24. The number of ether oxygens (including phenoxy) is 1. The highest BCUT2D eigenvalue weighted by molar-refractivity contribution is 5.30. The standard InChI is InChI=1S/C23H24O2/c24-16-4-7-19-12-14-23(15-13-19)25-18-22-10-8-21(9-11-22)17-20-5-2-1-3-6-20/h1-3,5-6,8-15,24H,4,7,16-18H2. The minimum absolute atomic E-state index is 0.235. The van der Waals surface area contributed by atoms with Crippen LogP contribution in [0.1, 0.15) is 28.7 Å². The number of benzene rings is 3. The topological polar surface area (TPSA) is 29.5 Å². The Morgan fingerprint density at radius 2 is 1.24 bits per heavy atom. The molecule has 0 unspecified atom stereocenters. The number of aliphatic hydroxyl groups excluding tert-OH is 1. The summed E-state index contributed by atoms with van der Waals surface area (Å²) in [7, 11) is 0. The zero-order valence-corrected chi connectivity index (χ0v) is 14.4. The molecule has 0 amide bonds. The maximum Gasteiger partial charge on any atom is 0.119 e. The van der Waals surface area contributed by atoms with Crippen LogP contribution >= 0.6 is 0 Å². The average Bonchev–Trinajstić information content (AvgIpc) is 2.67. The Kier molecular flexibility index (Phi) is 6.24. The summed E-state index contributed by atoms with van der Waals surface area (Å²) in [5, 5.41) is 8.87. The van der Waals surface area contributed by atoms with E-state index < -0.39 is 0 Å². The van der Waals surface area contributed by atoms with E-state index in [0.717, 1.165) is 25.0 Å². The summed E-state index contributed by atoms with van der Waals surface area (Å²) in [6.07, 6.45) is 2.66. The van der Waals surface area contributed by atoms with Crippen LogP contribution in [-0.2, 0) is 19.4 Å². The minimum Gasteiger partial charge on any atom is -0.489 e. The fraction of sp³-hybridized carbons (Fsp3) is 0.217. The fourth-order valence-corrected chi connectivity index (χ4v) is 2.79. The summed E-state index contributed by atoms with van der Waals surface area (Å²) >= 11 is 0. The Balaban J connectivity index is 1.51. The Labute approximate surface area is 149 Å². The summed E-state index contributed by atoms with van der Waals surface area (Å²) in [6.45, 7) is 0.806. The lowest BCUT2D eigenvalue weighted by Crippen LogP contribution is -1.96. The SMILES string of the molecule is OCCCc1ccc(OCc2ccc(Cc3ccccc3)cc2)cc1. The number of rotatable bonds is 8. The summed E-state index contributed by atoms with van der Waals surface area (Å²) in [6, 6.07) is 27.2. The zero-order valence-electron chi connectivity index (χ0n) is 14.4. The van der Waals surface area contributed by atoms with Gasteiger partial charge < -0.3 is 9.84 Å². The van der Waals surface area contributed by atoms with Gasteiger partial charge in [0.05, 0.1) is 0 Å². The highest BCUT2D eigenvalue weighted by Crippen LogP contribution is 2.16. The van der Waals surface area contributed by atoms with Gasteiger partial charge in [-0.1, -0.05) is 66.7 Å². The van der Waals surface area contributed by atoms with Gasteiger partial charge in [0.15, 0.2) is 0 Å². The second kappa shape index (κ2) is 9.05. The lowest BCUT2D eigenvalue weighted by molar-refractivity contribution is 0.288. The molecule has 0 aliphatic carbocycles. The average molecular weight is 332 g/mol. The molecular formula is C23H24O2. The predicted molar refractivity (Wildman–Crippen MR) is 102 cm³/mol. The van der Waals surface area contributed by atoms with Gasteiger partial charge in [-0.2, -0.15) is 0 Å². The molecule has 1 N–H and O–H groups in total. The van der Waals surface area contributed by atoms with Crippen molar-refractivity contribution in [3.63, 3.8) is 0 Å². The van der Waals surface area contributed by atoms with Crippen LogP contribution in [0.2, 0.25) is 0 Å². The molecule has 0 atom stereocenters. The monoisotopic (exact) mass is 332 g/mol. The van der Waals surface area contributed by atoms with Gasteiger partial charge in [0, 0.05) is 6.61 Å². The van der Waals surface area contributed by atoms with Crippen LogP contribution in [-0.4, -0.2) is 11.7 Å². The number of aryl methyl sites for hydroxylation is 1. The first-order chi connectivity index (χ1) is 12.3. The molecule has 0 saturated carbocycles. The third-order valence-electron chi connectivity index (χ3n) is 4.23. The van der Waals surface area contributed by atoms with Crippen molar-refractivity contribution in [1.82, 2.24) is 0 Å². The molecule has 0 aliphatic heterocycles. The number of aliphatic hydroxyl groups is 1. The summed E-state index contributed by atoms with van der Waals surface area (Å²) in [4.78, 5) is 0. The Bertz CT molecular complexity index is 746. The molecule has 128 valence electrons. The van der Waals surface area contributed by atoms with Gasteiger partial charge in [0.25, 0.3) is 0 Å². The molecule has 0 fully saturated rings. The van der Waals surface area contributed by atoms with Crippen molar-refractivity contribution in [2.75, 3.05) is 6.61 Å². The first-order valence-electron chi connectivity index (χ1n) is 8.78. The molecule has 0 aromatic heterocycles. The van der Waals surface area contributed by atoms with E-state index in [9.17, 15) is 0 Å². The van der Waals surface area contributed by atoms with Gasteiger partial charge in [0.1, 0.15) is 12.4 Å². The molecule has 2 heteroatoms. The zero-order chi connectivity index (χ0) is 17.3. The Morgan fingerprint density at radius 3 is 1.92 bits per heavy atom. The maximum absolute atomic E-state index is 8.87. The Hall–Kier alpha value is -2.58. The van der Waals surface area contributed by atoms with Crippen molar-refractivity contribution in [3.8, 4) is 5.75 Å². The van der Waals surface area contributed by atoms with Crippen LogP contribution in [0.15, 0.2) is 78.9 Å². The van der Waals surface area contributed by atoms with Gasteiger partial charge in [-0.15, -0.1) is 0 Å². The van der Waals surface area contributed by atoms with E-state index in [1.807, 2.05) is 18.2 Å². The molecular weight excluding hydrogens is 308 g/mol. The summed E-state index contributed by atoms with van der Waals surface area (Å²) < 4.78 is 5.86. The van der Waals surface area contributed by atoms with E-state index in [4.69, 9.17) is 9.84 Å². The van der Waals surface area contributed by atoms with Crippen LogP contribution in [0.3, 0.4) is 0 Å². The molecule has 0 aliphatic rings. The lowest BCUT2D eigenvalue weighted by atomic mass is 10.0. The summed E-state index contributed by atoms with van der Waals surface area (Å²) in [5.74, 6) is 0.876. The molecule has 0 bridgehead atoms. The quantitative estimate of drug-likeness (QED) is 0.643. The van der Waals surface area contributed by atoms with Crippen LogP contribution < -0.4 is 4.74 Å². The molecule has 2 nitrogen and oxygen atoms in total. The molecule has 0 radical (unpaired) electrons. The van der Waals surface area contributed by atoms with E-state index in [-0.39, 0.29) is 6.61 Å². The van der Waals surface area contributed by atoms with Gasteiger partial charge in [-0.05, 0) is 53.6 Å². The normalized spacial score (nSPS) is 10.6. The van der Waals surface area contributed by atoms with Crippen LogP contribution in [0.25, 0.3) is 0 Å². The largest absolute Gasteiger partial charge is 0.489 e. The first kappa shape index (κ1) is 17.2. The number of hydrogen-bond donors (Lipinski definition) is 1. The van der Waals surface area contributed by atoms with E-state index in [1.54, 1.807) is 0 Å². The summed E-state index contributed by atoms with van der Waals surface area (Å²) in [5.41, 5.74) is 5.03. The molecule has 0 heterocycles. The van der Waals surface area contributed by atoms with Crippen LogP contribution in [0.4, 0.5) is 0 Å². The fourth-order valence-electron chi connectivity index (χ4n) is 2.79. The van der Waals surface area contributed by atoms with Crippen molar-refractivity contribution >= 4 is 0 Å². The predicted octanol–water partition coefficient (Wildman–Crippen LogP) is 4.78. The molecule has 3 aromatic carbocycles. The van der Waals surface area contributed by atoms with Crippen molar-refractivity contribution < 1.29 is 9.84 Å². The smallest absolute Gasteiger partial charge is 0.119 e. The third kappa shape index (κ3) is 5.47. The van der Waals surface area contributed by atoms with E-state index >= 15 is 0 Å². The second-order valence-electron chi connectivity index (χ2n) is 6.24. The first-order valence-corrected chi connectivity index (χ1v) is 8.78. The minimum atomic E-state index is 0.235. The molecule has 0 spiro atoms. The van der Waals surface area contributed by atoms with Crippen LogP contribution in [0, 0.1) is 0 Å². The maximum atomic E-state index is 8.87. The Morgan fingerprint density at radius 1 is 0.640 bits per heavy atom. The number of hydrogen-bond acceptors (Lipinski definition) is 2. The van der Waals surface area contributed by atoms with E-state index in [0.29, 0.717) is 6.61 Å². The van der Waals surface area contributed by atoms with E-state index in [1.165, 1.54) is 22.3 Å². The van der Waals surface area contributed by atoms with Crippen molar-refractivity contribution in [1.29, 1.82) is 0 Å². The van der Waals surface area contributed by atoms with Crippen LogP contribution in [0.5, 0.6) is 5.75 Å². The lowest BCUT2D eigenvalue weighted by Gasteiger charge is -2.08. The van der Waals surface area contributed by atoms with Gasteiger partial charge in [0.2, 0.25) is 0 Å². The van der Waals surface area contributed by atoms with Crippen molar-refractivity contribution in [2.45, 2.75) is 25.9 Å². The van der Waals surface area contributed by atoms with Crippen molar-refractivity contribution in [2.24, 2.45) is 0 Å². The van der Waals surface area contributed by atoms with Gasteiger partial charge >= 0.3 is 0 Å². The highest BCUT2D eigenvalue weighted by atomic mass is 16.5.